The Morgan fingerprint density at radius 3 is 1.21 bits per heavy atom. The molecule has 1 aliphatic carbocycles. The van der Waals surface area contributed by atoms with Gasteiger partial charge < -0.3 is 0 Å². The Morgan fingerprint density at radius 2 is 0.882 bits per heavy atom. The number of hydrogen-bond acceptors (Lipinski definition) is 4. The Hall–Kier alpha value is -1.94. The lowest BCUT2D eigenvalue weighted by atomic mass is 9.88. The van der Waals surface area contributed by atoms with Gasteiger partial charge in [-0.3, -0.25) is 0 Å². The van der Waals surface area contributed by atoms with E-state index in [9.17, 15) is 16.8 Å². The first-order valence-electron chi connectivity index (χ1n) is 9.58. The molecule has 0 amide bonds. The molecule has 0 unspecified atom stereocenters. The predicted molar refractivity (Wildman–Crippen MR) is 136 cm³/mol. The molecule has 12 heteroatoms. The fourth-order valence-electron chi connectivity index (χ4n) is 3.28. The normalized spacial score (nSPS) is 20.9. The van der Waals surface area contributed by atoms with Crippen LogP contribution in [0.15, 0.2) is 91.4 Å². The topological polar surface area (TPSA) is 93.0 Å². The molecule has 0 radical (unpaired) electrons. The van der Waals surface area contributed by atoms with Crippen LogP contribution in [0.3, 0.4) is 0 Å². The summed E-state index contributed by atoms with van der Waals surface area (Å²) in [4.78, 5) is -0.164. The maximum absolute atomic E-state index is 12.9. The minimum absolute atomic E-state index is 0.0185. The average Bonchev–Trinajstić information content (AvgIpc) is 2.80. The van der Waals surface area contributed by atoms with Crippen LogP contribution in [0, 0.1) is 0 Å². The van der Waals surface area contributed by atoms with E-state index in [0.29, 0.717) is 21.2 Å². The second kappa shape index (κ2) is 9.60. The number of nitrogens with zero attached hydrogens (tertiary/aromatic N) is 2. The highest BCUT2D eigenvalue weighted by Crippen LogP contribution is 2.32. The van der Waals surface area contributed by atoms with Gasteiger partial charge in [0, 0.05) is 21.2 Å². The third-order valence-electron chi connectivity index (χ3n) is 4.92. The Morgan fingerprint density at radius 1 is 0.559 bits per heavy atom. The van der Waals surface area contributed by atoms with Crippen LogP contribution in [0.25, 0.3) is 0 Å². The fourth-order valence-corrected chi connectivity index (χ4v) is 6.33. The van der Waals surface area contributed by atoms with E-state index in [1.807, 2.05) is 0 Å². The molecule has 0 heterocycles. The zero-order valence-corrected chi connectivity index (χ0v) is 21.6. The quantitative estimate of drug-likeness (QED) is 0.380. The van der Waals surface area contributed by atoms with E-state index in [4.69, 9.17) is 46.4 Å². The summed E-state index contributed by atoms with van der Waals surface area (Å²) in [7, 11) is -8.32. The summed E-state index contributed by atoms with van der Waals surface area (Å²) < 4.78 is 59.6. The van der Waals surface area contributed by atoms with Gasteiger partial charge in [-0.25, -0.2) is 0 Å². The van der Waals surface area contributed by atoms with Crippen molar-refractivity contribution in [2.24, 2.45) is 8.80 Å². The molecule has 6 nitrogen and oxygen atoms in total. The van der Waals surface area contributed by atoms with Crippen LogP contribution < -0.4 is 0 Å². The number of alkyl halides is 2. The van der Waals surface area contributed by atoms with Gasteiger partial charge in [0.2, 0.25) is 0 Å². The standard InChI is InChI=1S/C22H14Cl4N2O4S2/c23-13-5-9-15(10-6-13)33(29,30)27-21-17-3-1-2-4-18(17)22(20(26)19(21)25)28-34(31,32)16-11-7-14(24)8-12-16/h1-12,19-20H/t19-,20-/m1/s1. The molecule has 0 N–H and O–H groups in total. The average molecular weight is 576 g/mol. The SMILES string of the molecule is O=S(=O)(N=C1c2ccccc2C(=NS(=O)(=O)c2ccc(Cl)cc2)[C@H](Cl)[C@H]1Cl)c1ccc(Cl)cc1. The summed E-state index contributed by atoms with van der Waals surface area (Å²) in [6.45, 7) is 0. The number of rotatable bonds is 4. The van der Waals surface area contributed by atoms with Gasteiger partial charge >= 0.3 is 0 Å². The van der Waals surface area contributed by atoms with Gasteiger partial charge in [0.1, 0.15) is 0 Å². The molecule has 0 saturated heterocycles. The van der Waals surface area contributed by atoms with Crippen molar-refractivity contribution in [3.8, 4) is 0 Å². The lowest BCUT2D eigenvalue weighted by Crippen LogP contribution is -2.40. The molecule has 0 fully saturated rings. The number of benzene rings is 3. The molecule has 3 aromatic rings. The molecule has 176 valence electrons. The maximum atomic E-state index is 12.9. The third kappa shape index (κ3) is 5.03. The van der Waals surface area contributed by atoms with Crippen LogP contribution in [0.5, 0.6) is 0 Å². The van der Waals surface area contributed by atoms with Crippen LogP contribution in [-0.4, -0.2) is 39.0 Å². The second-order valence-corrected chi connectivity index (χ2v) is 12.2. The van der Waals surface area contributed by atoms with E-state index in [0.717, 1.165) is 0 Å². The number of fused-ring (bicyclic) bond motifs is 1. The summed E-state index contributed by atoms with van der Waals surface area (Å²) in [5.41, 5.74) is 0.578. The highest BCUT2D eigenvalue weighted by molar-refractivity contribution is 7.90. The molecule has 0 spiro atoms. The minimum atomic E-state index is -4.16. The third-order valence-corrected chi connectivity index (χ3v) is 9.08. The van der Waals surface area contributed by atoms with Crippen molar-refractivity contribution in [1.82, 2.24) is 0 Å². The molecule has 1 aliphatic rings. The van der Waals surface area contributed by atoms with Crippen LogP contribution in [-0.2, 0) is 20.0 Å². The molecular formula is C22H14Cl4N2O4S2. The molecule has 2 atom stereocenters. The van der Waals surface area contributed by atoms with Crippen molar-refractivity contribution in [1.29, 1.82) is 0 Å². The molecule has 0 bridgehead atoms. The largest absolute Gasteiger partial charge is 0.282 e. The zero-order valence-electron chi connectivity index (χ0n) is 16.9. The van der Waals surface area contributed by atoms with Crippen molar-refractivity contribution in [3.63, 3.8) is 0 Å². The van der Waals surface area contributed by atoms with E-state index < -0.39 is 30.8 Å². The Kier molecular flexibility index (Phi) is 7.11. The highest BCUT2D eigenvalue weighted by atomic mass is 35.5. The molecule has 34 heavy (non-hydrogen) atoms. The fraction of sp³-hybridized carbons (Fsp3) is 0.0909. The first kappa shape index (κ1) is 25.2. The highest BCUT2D eigenvalue weighted by Gasteiger charge is 2.38. The molecule has 3 aromatic carbocycles. The van der Waals surface area contributed by atoms with E-state index in [1.54, 1.807) is 24.3 Å². The summed E-state index contributed by atoms with van der Waals surface area (Å²) in [5, 5.41) is -1.63. The number of hydrogen-bond donors (Lipinski definition) is 0. The molecular weight excluding hydrogens is 562 g/mol. The zero-order chi connectivity index (χ0) is 24.7. The van der Waals surface area contributed by atoms with Crippen molar-refractivity contribution >= 4 is 77.9 Å². The molecule has 0 saturated carbocycles. The first-order chi connectivity index (χ1) is 16.0. The van der Waals surface area contributed by atoms with Crippen LogP contribution in [0.2, 0.25) is 10.0 Å². The lowest BCUT2D eigenvalue weighted by Gasteiger charge is -2.28. The summed E-state index contributed by atoms with van der Waals surface area (Å²) in [5.74, 6) is 0. The maximum Gasteiger partial charge on any atom is 0.282 e. The van der Waals surface area contributed by atoms with Gasteiger partial charge in [-0.05, 0) is 48.5 Å². The number of sulfonamides is 2. The van der Waals surface area contributed by atoms with Gasteiger partial charge in [-0.2, -0.15) is 25.6 Å². The lowest BCUT2D eigenvalue weighted by molar-refractivity contribution is 0.596. The molecule has 0 aliphatic heterocycles. The van der Waals surface area contributed by atoms with E-state index >= 15 is 0 Å². The Labute approximate surface area is 217 Å². The van der Waals surface area contributed by atoms with Gasteiger partial charge in [-0.15, -0.1) is 23.2 Å². The monoisotopic (exact) mass is 574 g/mol. The summed E-state index contributed by atoms with van der Waals surface area (Å²) in [6.07, 6.45) is 0. The second-order valence-electron chi connectivity index (χ2n) is 7.16. The molecule has 4 rings (SSSR count). The van der Waals surface area contributed by atoms with E-state index in [-0.39, 0.29) is 21.2 Å². The summed E-state index contributed by atoms with van der Waals surface area (Å²) in [6, 6.07) is 17.5. The van der Waals surface area contributed by atoms with Crippen molar-refractivity contribution in [2.75, 3.05) is 0 Å². The molecule has 0 aromatic heterocycles. The van der Waals surface area contributed by atoms with Gasteiger partial charge in [-0.1, -0.05) is 47.5 Å². The van der Waals surface area contributed by atoms with Crippen molar-refractivity contribution in [3.05, 3.63) is 94.0 Å². The summed E-state index contributed by atoms with van der Waals surface area (Å²) >= 11 is 24.7. The van der Waals surface area contributed by atoms with Gasteiger partial charge in [0.05, 0.1) is 32.0 Å². The van der Waals surface area contributed by atoms with E-state index in [2.05, 4.69) is 8.80 Å². The van der Waals surface area contributed by atoms with Gasteiger partial charge in [0.15, 0.2) is 0 Å². The first-order valence-corrected chi connectivity index (χ1v) is 14.1. The number of halogens is 4. The van der Waals surface area contributed by atoms with Crippen molar-refractivity contribution < 1.29 is 16.8 Å². The van der Waals surface area contributed by atoms with Gasteiger partial charge in [0.25, 0.3) is 20.0 Å². The minimum Gasteiger partial charge on any atom is -0.199 e. The van der Waals surface area contributed by atoms with Crippen LogP contribution in [0.4, 0.5) is 0 Å². The van der Waals surface area contributed by atoms with Crippen LogP contribution >= 0.6 is 46.4 Å². The Bertz CT molecular complexity index is 1400. The van der Waals surface area contributed by atoms with Crippen LogP contribution in [0.1, 0.15) is 11.1 Å². The van der Waals surface area contributed by atoms with E-state index in [1.165, 1.54) is 48.5 Å². The predicted octanol–water partition coefficient (Wildman–Crippen LogP) is 5.58. The Balaban J connectivity index is 1.85. The smallest absolute Gasteiger partial charge is 0.199 e. The van der Waals surface area contributed by atoms with Crippen molar-refractivity contribution in [2.45, 2.75) is 20.5 Å².